The molecule has 3 aromatic rings. The summed E-state index contributed by atoms with van der Waals surface area (Å²) in [5.41, 5.74) is 2.94. The molecule has 29 heavy (non-hydrogen) atoms. The van der Waals surface area contributed by atoms with Crippen LogP contribution in [-0.2, 0) is 19.7 Å². The monoisotopic (exact) mass is 455 g/mol. The van der Waals surface area contributed by atoms with E-state index in [-0.39, 0.29) is 18.2 Å². The summed E-state index contributed by atoms with van der Waals surface area (Å²) in [5, 5.41) is 4.46. The summed E-state index contributed by atoms with van der Waals surface area (Å²) in [6.07, 6.45) is 0. The lowest BCUT2D eigenvalue weighted by Crippen LogP contribution is -2.13. The molecule has 1 N–H and O–H groups in total. The quantitative estimate of drug-likeness (QED) is 0.423. The van der Waals surface area contributed by atoms with Crippen molar-refractivity contribution in [2.75, 3.05) is 7.11 Å². The molecule has 0 fully saturated rings. The highest BCUT2D eigenvalue weighted by Crippen LogP contribution is 2.37. The van der Waals surface area contributed by atoms with E-state index in [1.54, 1.807) is 19.2 Å². The fourth-order valence-electron chi connectivity index (χ4n) is 2.70. The molecule has 0 saturated carbocycles. The Morgan fingerprint density at radius 1 is 0.862 bits per heavy atom. The number of hydrogen-bond donors (Lipinski definition) is 1. The maximum absolute atomic E-state index is 13.0. The van der Waals surface area contributed by atoms with E-state index in [1.807, 2.05) is 36.4 Å². The molecule has 3 rings (SSSR count). The number of halogens is 4. The Kier molecular flexibility index (Phi) is 9.05. The van der Waals surface area contributed by atoms with Crippen LogP contribution in [0.25, 0.3) is 0 Å². The molecule has 0 aromatic heterocycles. The molecule has 0 bridgehead atoms. The molecular weight excluding hydrogens is 436 g/mol. The summed E-state index contributed by atoms with van der Waals surface area (Å²) in [5.74, 6) is 0.830. The van der Waals surface area contributed by atoms with Gasteiger partial charge in [-0.3, -0.25) is 0 Å². The van der Waals surface area contributed by atoms with Crippen molar-refractivity contribution >= 4 is 35.6 Å². The Bertz CT molecular complexity index is 919. The van der Waals surface area contributed by atoms with Crippen molar-refractivity contribution in [1.29, 1.82) is 0 Å². The van der Waals surface area contributed by atoms with Gasteiger partial charge in [0.15, 0.2) is 11.5 Å². The molecule has 0 amide bonds. The second kappa shape index (κ2) is 11.3. The third kappa shape index (κ3) is 6.79. The van der Waals surface area contributed by atoms with E-state index in [0.29, 0.717) is 41.2 Å². The number of benzene rings is 3. The van der Waals surface area contributed by atoms with Gasteiger partial charge in [0.2, 0.25) is 0 Å². The molecular formula is C22H21Cl3FNO2. The lowest BCUT2D eigenvalue weighted by Gasteiger charge is -2.15. The first-order valence-electron chi connectivity index (χ1n) is 8.74. The van der Waals surface area contributed by atoms with E-state index < -0.39 is 0 Å². The number of hydrogen-bond acceptors (Lipinski definition) is 3. The minimum atomic E-state index is -0.241. The van der Waals surface area contributed by atoms with E-state index in [2.05, 4.69) is 5.32 Å². The van der Waals surface area contributed by atoms with Crippen molar-refractivity contribution in [2.45, 2.75) is 19.7 Å². The van der Waals surface area contributed by atoms with E-state index >= 15 is 0 Å². The van der Waals surface area contributed by atoms with Crippen molar-refractivity contribution in [2.24, 2.45) is 0 Å². The van der Waals surface area contributed by atoms with Crippen molar-refractivity contribution in [3.63, 3.8) is 0 Å². The van der Waals surface area contributed by atoms with Gasteiger partial charge in [0.25, 0.3) is 0 Å². The first-order chi connectivity index (χ1) is 13.5. The summed E-state index contributed by atoms with van der Waals surface area (Å²) in [7, 11) is 1.58. The summed E-state index contributed by atoms with van der Waals surface area (Å²) in [6, 6.07) is 17.6. The SMILES string of the molecule is COc1cc(CNCc2ccc(F)cc2)cc(Cl)c1OCc1ccc(Cl)cc1.Cl. The molecule has 0 atom stereocenters. The highest BCUT2D eigenvalue weighted by atomic mass is 35.5. The minimum absolute atomic E-state index is 0. The van der Waals surface area contributed by atoms with E-state index in [0.717, 1.165) is 16.7 Å². The molecule has 0 aliphatic heterocycles. The molecule has 7 heteroatoms. The van der Waals surface area contributed by atoms with Crippen LogP contribution in [0, 0.1) is 5.82 Å². The standard InChI is InChI=1S/C22H20Cl2FNO2.ClH/c1-27-21-11-17(13-26-12-15-4-8-19(25)9-5-15)10-20(24)22(21)28-14-16-2-6-18(23)7-3-16;/h2-11,26H,12-14H2,1H3;1H. The van der Waals surface area contributed by atoms with E-state index in [1.165, 1.54) is 12.1 Å². The lowest BCUT2D eigenvalue weighted by atomic mass is 10.1. The van der Waals surface area contributed by atoms with E-state index in [4.69, 9.17) is 32.7 Å². The van der Waals surface area contributed by atoms with Gasteiger partial charge in [-0.2, -0.15) is 0 Å². The van der Waals surface area contributed by atoms with Gasteiger partial charge in [0, 0.05) is 18.1 Å². The van der Waals surface area contributed by atoms with Crippen molar-refractivity contribution in [3.05, 3.63) is 93.2 Å². The average molecular weight is 457 g/mol. The third-order valence-corrected chi connectivity index (χ3v) is 4.69. The second-order valence-corrected chi connectivity index (χ2v) is 7.10. The Balaban J connectivity index is 0.00000300. The van der Waals surface area contributed by atoms with Crippen LogP contribution in [0.3, 0.4) is 0 Å². The van der Waals surface area contributed by atoms with Crippen LogP contribution in [0.5, 0.6) is 11.5 Å². The predicted molar refractivity (Wildman–Crippen MR) is 118 cm³/mol. The molecule has 3 nitrogen and oxygen atoms in total. The van der Waals surface area contributed by atoms with Gasteiger partial charge in [-0.1, -0.05) is 47.5 Å². The van der Waals surface area contributed by atoms with Gasteiger partial charge >= 0.3 is 0 Å². The van der Waals surface area contributed by atoms with Crippen LogP contribution in [0.15, 0.2) is 60.7 Å². The molecule has 0 aliphatic rings. The zero-order chi connectivity index (χ0) is 19.9. The first-order valence-corrected chi connectivity index (χ1v) is 9.49. The van der Waals surface area contributed by atoms with Crippen LogP contribution in [-0.4, -0.2) is 7.11 Å². The number of ether oxygens (including phenoxy) is 2. The predicted octanol–water partition coefficient (Wildman–Crippen LogP) is 6.43. The largest absolute Gasteiger partial charge is 0.493 e. The van der Waals surface area contributed by atoms with Gasteiger partial charge in [-0.15, -0.1) is 12.4 Å². The maximum atomic E-state index is 13.0. The zero-order valence-electron chi connectivity index (χ0n) is 15.8. The topological polar surface area (TPSA) is 30.5 Å². The van der Waals surface area contributed by atoms with E-state index in [9.17, 15) is 4.39 Å². The molecule has 0 unspecified atom stereocenters. The summed E-state index contributed by atoms with van der Waals surface area (Å²) >= 11 is 12.3. The zero-order valence-corrected chi connectivity index (χ0v) is 18.1. The number of rotatable bonds is 8. The van der Waals surface area contributed by atoms with Crippen molar-refractivity contribution in [3.8, 4) is 11.5 Å². The van der Waals surface area contributed by atoms with Gasteiger partial charge in [0.05, 0.1) is 12.1 Å². The molecule has 0 radical (unpaired) electrons. The normalized spacial score (nSPS) is 10.3. The summed E-state index contributed by atoms with van der Waals surface area (Å²) < 4.78 is 24.3. The fraction of sp³-hybridized carbons (Fsp3) is 0.182. The van der Waals surface area contributed by atoms with Gasteiger partial charge in [-0.05, 0) is 53.1 Å². The number of methoxy groups -OCH3 is 1. The molecule has 0 saturated heterocycles. The minimum Gasteiger partial charge on any atom is -0.493 e. The Labute approximate surface area is 186 Å². The average Bonchev–Trinajstić information content (AvgIpc) is 2.69. The molecule has 0 aliphatic carbocycles. The smallest absolute Gasteiger partial charge is 0.180 e. The molecule has 154 valence electrons. The Hall–Kier alpha value is -1.98. The van der Waals surface area contributed by atoms with Crippen LogP contribution in [0.2, 0.25) is 10.0 Å². The second-order valence-electron chi connectivity index (χ2n) is 6.25. The highest BCUT2D eigenvalue weighted by Gasteiger charge is 2.12. The Morgan fingerprint density at radius 3 is 2.14 bits per heavy atom. The van der Waals surface area contributed by atoms with Gasteiger partial charge in [-0.25, -0.2) is 4.39 Å². The fourth-order valence-corrected chi connectivity index (χ4v) is 3.12. The lowest BCUT2D eigenvalue weighted by molar-refractivity contribution is 0.284. The Morgan fingerprint density at radius 2 is 1.48 bits per heavy atom. The number of nitrogens with one attached hydrogen (secondary N) is 1. The van der Waals surface area contributed by atoms with Gasteiger partial charge in [0.1, 0.15) is 12.4 Å². The van der Waals surface area contributed by atoms with Crippen LogP contribution >= 0.6 is 35.6 Å². The van der Waals surface area contributed by atoms with Gasteiger partial charge < -0.3 is 14.8 Å². The third-order valence-electron chi connectivity index (χ3n) is 4.16. The molecule has 3 aromatic carbocycles. The molecule has 0 heterocycles. The van der Waals surface area contributed by atoms with Crippen LogP contribution < -0.4 is 14.8 Å². The van der Waals surface area contributed by atoms with Crippen molar-refractivity contribution < 1.29 is 13.9 Å². The van der Waals surface area contributed by atoms with Crippen molar-refractivity contribution in [1.82, 2.24) is 5.32 Å². The molecule has 0 spiro atoms. The maximum Gasteiger partial charge on any atom is 0.180 e. The highest BCUT2D eigenvalue weighted by molar-refractivity contribution is 6.32. The van der Waals surface area contributed by atoms with Crippen LogP contribution in [0.1, 0.15) is 16.7 Å². The van der Waals surface area contributed by atoms with Crippen LogP contribution in [0.4, 0.5) is 4.39 Å². The first kappa shape index (κ1) is 23.3. The summed E-state index contributed by atoms with van der Waals surface area (Å²) in [6.45, 7) is 1.56. The summed E-state index contributed by atoms with van der Waals surface area (Å²) in [4.78, 5) is 0.